The van der Waals surface area contributed by atoms with Crippen LogP contribution in [0.3, 0.4) is 0 Å². The van der Waals surface area contributed by atoms with E-state index in [1.807, 2.05) is 30.3 Å². The highest BCUT2D eigenvalue weighted by Gasteiger charge is 2.23. The summed E-state index contributed by atoms with van der Waals surface area (Å²) >= 11 is 0. The summed E-state index contributed by atoms with van der Waals surface area (Å²) < 4.78 is 5.39. The first-order valence-electron chi connectivity index (χ1n) is 6.75. The van der Waals surface area contributed by atoms with Gasteiger partial charge in [-0.1, -0.05) is 42.5 Å². The molecule has 0 aliphatic heterocycles. The number of ether oxygens (including phenoxy) is 1. The molecule has 3 heteroatoms. The molecule has 104 valence electrons. The third-order valence-electron chi connectivity index (χ3n) is 3.66. The van der Waals surface area contributed by atoms with E-state index in [1.165, 1.54) is 6.08 Å². The van der Waals surface area contributed by atoms with Gasteiger partial charge in [-0.15, -0.1) is 0 Å². The molecular weight excluding hydrogens is 264 g/mol. The number of hydrogen-bond donors (Lipinski definition) is 0. The van der Waals surface area contributed by atoms with Gasteiger partial charge in [-0.2, -0.15) is 0 Å². The lowest BCUT2D eigenvalue weighted by Crippen LogP contribution is -2.11. The van der Waals surface area contributed by atoms with E-state index < -0.39 is 5.97 Å². The number of rotatable bonds is 2. The van der Waals surface area contributed by atoms with E-state index in [9.17, 15) is 9.59 Å². The maximum atomic E-state index is 12.2. The minimum Gasteiger partial charge on any atom is -0.422 e. The number of carbonyl (C=O) groups is 2. The second-order valence-electron chi connectivity index (χ2n) is 4.94. The van der Waals surface area contributed by atoms with Crippen molar-refractivity contribution in [3.05, 3.63) is 65.3 Å². The molecule has 1 aliphatic rings. The molecule has 3 nitrogen and oxygen atoms in total. The quantitative estimate of drug-likeness (QED) is 0.618. The van der Waals surface area contributed by atoms with Crippen LogP contribution in [0.15, 0.2) is 54.1 Å². The van der Waals surface area contributed by atoms with Crippen molar-refractivity contribution in [2.75, 3.05) is 0 Å². The Morgan fingerprint density at radius 2 is 1.76 bits per heavy atom. The third-order valence-corrected chi connectivity index (χ3v) is 3.66. The van der Waals surface area contributed by atoms with Crippen LogP contribution >= 0.6 is 0 Å². The average molecular weight is 278 g/mol. The summed E-state index contributed by atoms with van der Waals surface area (Å²) in [7, 11) is 0. The van der Waals surface area contributed by atoms with Crippen LogP contribution in [0.1, 0.15) is 29.8 Å². The minimum atomic E-state index is -0.437. The van der Waals surface area contributed by atoms with Crippen molar-refractivity contribution >= 4 is 28.3 Å². The summed E-state index contributed by atoms with van der Waals surface area (Å²) in [5.41, 5.74) is 1.93. The Bertz CT molecular complexity index is 820. The molecule has 0 unspecified atom stereocenters. The fourth-order valence-corrected chi connectivity index (χ4v) is 2.41. The van der Waals surface area contributed by atoms with Crippen LogP contribution in [0, 0.1) is 0 Å². The van der Waals surface area contributed by atoms with Gasteiger partial charge in [0.1, 0.15) is 5.76 Å². The lowest BCUT2D eigenvalue weighted by Gasteiger charge is -2.17. The Morgan fingerprint density at radius 3 is 2.43 bits per heavy atom. The van der Waals surface area contributed by atoms with E-state index in [0.717, 1.165) is 16.3 Å². The lowest BCUT2D eigenvalue weighted by atomic mass is 9.91. The summed E-state index contributed by atoms with van der Waals surface area (Å²) in [6.45, 7) is 3.45. The molecule has 0 heterocycles. The molecular formula is C18H14O3. The van der Waals surface area contributed by atoms with E-state index in [1.54, 1.807) is 26.0 Å². The van der Waals surface area contributed by atoms with Gasteiger partial charge in [-0.3, -0.25) is 4.79 Å². The van der Waals surface area contributed by atoms with Crippen molar-refractivity contribution in [1.82, 2.24) is 0 Å². The number of esters is 1. The van der Waals surface area contributed by atoms with Crippen LogP contribution < -0.4 is 0 Å². The van der Waals surface area contributed by atoms with E-state index >= 15 is 0 Å². The second-order valence-corrected chi connectivity index (χ2v) is 4.94. The Morgan fingerprint density at radius 1 is 1.10 bits per heavy atom. The van der Waals surface area contributed by atoms with Crippen molar-refractivity contribution in [2.24, 2.45) is 0 Å². The van der Waals surface area contributed by atoms with Crippen LogP contribution in [-0.2, 0) is 9.53 Å². The standard InChI is InChI=1S/C18H14O3/c1-3-11(2)18(20)21-16-10-15(19)13-8-4-6-12-7-5-9-14(16)17(12)13/h3-10H,1-2H3/b11-3-. The van der Waals surface area contributed by atoms with Crippen LogP contribution in [0.2, 0.25) is 0 Å². The predicted octanol–water partition coefficient (Wildman–Crippen LogP) is 3.89. The molecule has 0 amide bonds. The van der Waals surface area contributed by atoms with Crippen molar-refractivity contribution in [3.8, 4) is 0 Å². The molecule has 0 saturated heterocycles. The van der Waals surface area contributed by atoms with Gasteiger partial charge >= 0.3 is 5.97 Å². The summed E-state index contributed by atoms with van der Waals surface area (Å²) in [4.78, 5) is 24.2. The summed E-state index contributed by atoms with van der Waals surface area (Å²) in [5.74, 6) is -0.260. The zero-order valence-corrected chi connectivity index (χ0v) is 11.8. The minimum absolute atomic E-state index is 0.139. The Labute approximate surface area is 122 Å². The van der Waals surface area contributed by atoms with Crippen molar-refractivity contribution in [3.63, 3.8) is 0 Å². The fourth-order valence-electron chi connectivity index (χ4n) is 2.41. The van der Waals surface area contributed by atoms with Gasteiger partial charge < -0.3 is 4.74 Å². The highest BCUT2D eigenvalue weighted by molar-refractivity contribution is 6.21. The van der Waals surface area contributed by atoms with Gasteiger partial charge in [0.25, 0.3) is 0 Å². The largest absolute Gasteiger partial charge is 0.422 e. The fraction of sp³-hybridized carbons (Fsp3) is 0.111. The van der Waals surface area contributed by atoms with E-state index in [-0.39, 0.29) is 5.78 Å². The highest BCUT2D eigenvalue weighted by Crippen LogP contribution is 2.33. The second kappa shape index (κ2) is 5.02. The number of allylic oxidation sites excluding steroid dienone is 2. The number of benzene rings is 2. The smallest absolute Gasteiger partial charge is 0.338 e. The van der Waals surface area contributed by atoms with Crippen LogP contribution in [0.4, 0.5) is 0 Å². The van der Waals surface area contributed by atoms with Crippen LogP contribution in [-0.4, -0.2) is 11.8 Å². The molecule has 0 radical (unpaired) electrons. The Balaban J connectivity index is 2.14. The van der Waals surface area contributed by atoms with Crippen LogP contribution in [0.5, 0.6) is 0 Å². The summed E-state index contributed by atoms with van der Waals surface area (Å²) in [5, 5.41) is 1.80. The molecule has 0 aromatic heterocycles. The number of ketones is 1. The topological polar surface area (TPSA) is 43.4 Å². The highest BCUT2D eigenvalue weighted by atomic mass is 16.5. The molecule has 0 N–H and O–H groups in total. The van der Waals surface area contributed by atoms with Crippen LogP contribution in [0.25, 0.3) is 16.5 Å². The summed E-state index contributed by atoms with van der Waals surface area (Å²) in [6.07, 6.45) is 3.07. The molecule has 0 bridgehead atoms. The van der Waals surface area contributed by atoms with Crippen molar-refractivity contribution in [1.29, 1.82) is 0 Å². The number of carbonyl (C=O) groups excluding carboxylic acids is 2. The normalized spacial score (nSPS) is 14.1. The zero-order chi connectivity index (χ0) is 15.0. The SMILES string of the molecule is C/C=C(/C)C(=O)OC1=CC(=O)c2cccc3cccc1c23. The van der Waals surface area contributed by atoms with Gasteiger partial charge in [-0.25, -0.2) is 4.79 Å². The molecule has 0 spiro atoms. The van der Waals surface area contributed by atoms with E-state index in [4.69, 9.17) is 4.74 Å². The third kappa shape index (κ3) is 2.17. The predicted molar refractivity (Wildman–Crippen MR) is 81.8 cm³/mol. The average Bonchev–Trinajstić information content (AvgIpc) is 2.51. The van der Waals surface area contributed by atoms with Gasteiger partial charge in [-0.05, 0) is 19.2 Å². The zero-order valence-electron chi connectivity index (χ0n) is 11.8. The van der Waals surface area contributed by atoms with Crippen molar-refractivity contribution < 1.29 is 14.3 Å². The first-order valence-corrected chi connectivity index (χ1v) is 6.75. The molecule has 1 aliphatic carbocycles. The summed E-state index contributed by atoms with van der Waals surface area (Å²) in [6, 6.07) is 11.3. The Hall–Kier alpha value is -2.68. The maximum absolute atomic E-state index is 12.2. The lowest BCUT2D eigenvalue weighted by molar-refractivity contribution is -0.132. The molecule has 2 aromatic carbocycles. The van der Waals surface area contributed by atoms with E-state index in [2.05, 4.69) is 0 Å². The number of hydrogen-bond acceptors (Lipinski definition) is 3. The molecule has 21 heavy (non-hydrogen) atoms. The van der Waals surface area contributed by atoms with Gasteiger partial charge in [0.15, 0.2) is 5.78 Å². The first kappa shape index (κ1) is 13.3. The molecule has 0 atom stereocenters. The van der Waals surface area contributed by atoms with Gasteiger partial charge in [0, 0.05) is 28.2 Å². The maximum Gasteiger partial charge on any atom is 0.338 e. The molecule has 0 saturated carbocycles. The van der Waals surface area contributed by atoms with E-state index in [0.29, 0.717) is 16.9 Å². The first-order chi connectivity index (χ1) is 10.1. The molecule has 2 aromatic rings. The monoisotopic (exact) mass is 278 g/mol. The van der Waals surface area contributed by atoms with Gasteiger partial charge in [0.05, 0.1) is 0 Å². The van der Waals surface area contributed by atoms with Gasteiger partial charge in [0.2, 0.25) is 0 Å². The Kier molecular flexibility index (Phi) is 3.18. The molecule has 0 fully saturated rings. The molecule has 3 rings (SSSR count). The van der Waals surface area contributed by atoms with Crippen molar-refractivity contribution in [2.45, 2.75) is 13.8 Å².